The Labute approximate surface area is 375 Å². The third kappa shape index (κ3) is 4.98. The van der Waals surface area contributed by atoms with Gasteiger partial charge < -0.3 is 29.1 Å². The molecule has 3 heterocycles. The van der Waals surface area contributed by atoms with Gasteiger partial charge in [-0.25, -0.2) is 0 Å². The molecule has 0 saturated carbocycles. The molecule has 14 rings (SSSR count). The van der Waals surface area contributed by atoms with Crippen molar-refractivity contribution < 1.29 is 14.2 Å². The van der Waals surface area contributed by atoms with E-state index in [0.29, 0.717) is 50.2 Å². The molecule has 312 valence electrons. The second kappa shape index (κ2) is 13.3. The van der Waals surface area contributed by atoms with E-state index < -0.39 is 0 Å². The van der Waals surface area contributed by atoms with Crippen molar-refractivity contribution in [1.29, 1.82) is 0 Å². The number of para-hydroxylation sites is 2. The summed E-state index contributed by atoms with van der Waals surface area (Å²) in [4.78, 5) is 39.5. The maximum absolute atomic E-state index is 15.2. The van der Waals surface area contributed by atoms with Gasteiger partial charge in [-0.3, -0.25) is 9.59 Å². The van der Waals surface area contributed by atoms with Crippen molar-refractivity contribution in [3.8, 4) is 45.3 Å². The summed E-state index contributed by atoms with van der Waals surface area (Å²) < 4.78 is 17.7. The Morgan fingerprint density at radius 3 is 1.61 bits per heavy atom. The summed E-state index contributed by atoms with van der Waals surface area (Å²) in [5.74, 6) is 2.43. The molecule has 0 bridgehead atoms. The number of aromatic amines is 2. The smallest absolute Gasteiger partial charge is 0.196 e. The number of hydrogen-bond acceptors (Lipinski definition) is 6. The number of H-pyrrole nitrogens is 2. The molecular formula is C58H35N3O5. The molecule has 0 radical (unpaired) electrons. The van der Waals surface area contributed by atoms with Crippen LogP contribution in [0.3, 0.4) is 0 Å². The molecule has 1 aliphatic heterocycles. The Morgan fingerprint density at radius 2 is 0.955 bits per heavy atom. The van der Waals surface area contributed by atoms with E-state index in [1.165, 1.54) is 0 Å². The first-order valence-corrected chi connectivity index (χ1v) is 21.9. The van der Waals surface area contributed by atoms with Crippen molar-refractivity contribution in [2.24, 2.45) is 0 Å². The standard InChI is InChI=1S/C58H35N3O5/c1-64-33-16-22-48-51(28-33)66-52-29-34(65-2)17-23-49(52)61(48)50-13-7-10-37-53-38(58(63)55(37)50)18-19-39-56(53)54-40(31-15-21-47-42(25-31)36-9-4-6-12-45(36)60-47)26-32(27-43(54)57(39)62)30-14-20-46-41(24-30)35-8-3-5-11-44(35)59-46/h3-29,59-60H,1-2H3. The van der Waals surface area contributed by atoms with Crippen molar-refractivity contribution in [3.05, 3.63) is 184 Å². The SMILES string of the molecule is COc1ccc2c(c1)Oc1cc(OC)ccc1N2c1cccc2c1c(=O)c1ccc3c(=O)c4cc(-c5ccc6[nH]c7ccccc7c6c5)cc(-c5ccc6[nH]c7ccccc7c6c5)c4c3c12. The number of rotatable bonds is 5. The molecule has 0 atom stereocenters. The van der Waals surface area contributed by atoms with E-state index in [1.807, 2.05) is 84.9 Å². The summed E-state index contributed by atoms with van der Waals surface area (Å²) in [6.07, 6.45) is 0. The fourth-order valence-electron chi connectivity index (χ4n) is 10.8. The average molecular weight is 854 g/mol. The molecule has 0 unspecified atom stereocenters. The van der Waals surface area contributed by atoms with Crippen molar-refractivity contribution in [2.45, 2.75) is 0 Å². The Balaban J connectivity index is 1.08. The quantitative estimate of drug-likeness (QED) is 0.179. The van der Waals surface area contributed by atoms with Crippen molar-refractivity contribution in [1.82, 2.24) is 9.97 Å². The van der Waals surface area contributed by atoms with Crippen LogP contribution in [0.1, 0.15) is 0 Å². The summed E-state index contributed by atoms with van der Waals surface area (Å²) in [7, 11) is 3.24. The zero-order chi connectivity index (χ0) is 43.9. The van der Waals surface area contributed by atoms with E-state index in [2.05, 4.69) is 93.7 Å². The number of anilines is 3. The Morgan fingerprint density at radius 1 is 0.394 bits per heavy atom. The largest absolute Gasteiger partial charge is 0.497 e. The summed E-state index contributed by atoms with van der Waals surface area (Å²) in [6, 6.07) is 55.0. The van der Waals surface area contributed by atoms with E-state index in [0.717, 1.165) is 98.8 Å². The van der Waals surface area contributed by atoms with E-state index in [4.69, 9.17) is 14.2 Å². The molecule has 0 spiro atoms. The molecule has 13 aromatic rings. The predicted molar refractivity (Wildman–Crippen MR) is 269 cm³/mol. The number of ether oxygens (including phenoxy) is 3. The van der Waals surface area contributed by atoms with Gasteiger partial charge in [0.25, 0.3) is 0 Å². The van der Waals surface area contributed by atoms with Gasteiger partial charge in [-0.15, -0.1) is 0 Å². The van der Waals surface area contributed by atoms with Crippen molar-refractivity contribution in [2.75, 3.05) is 19.1 Å². The van der Waals surface area contributed by atoms with Gasteiger partial charge in [0.2, 0.25) is 0 Å². The van der Waals surface area contributed by atoms with Crippen LogP contribution in [0.5, 0.6) is 23.0 Å². The summed E-state index contributed by atoms with van der Waals surface area (Å²) in [5, 5.41) is 9.93. The monoisotopic (exact) mass is 853 g/mol. The third-order valence-electron chi connectivity index (χ3n) is 13.8. The number of hydrogen-bond donors (Lipinski definition) is 2. The normalized spacial score (nSPS) is 12.6. The van der Waals surface area contributed by atoms with Crippen molar-refractivity contribution in [3.63, 3.8) is 0 Å². The van der Waals surface area contributed by atoms with Gasteiger partial charge in [0.05, 0.1) is 36.7 Å². The number of nitrogens with one attached hydrogen (secondary N) is 2. The second-order valence-electron chi connectivity index (χ2n) is 17.2. The second-order valence-corrected chi connectivity index (χ2v) is 17.2. The summed E-state index contributed by atoms with van der Waals surface area (Å²) in [5.41, 5.74) is 10.1. The Hall–Kier alpha value is -8.88. The predicted octanol–water partition coefficient (Wildman–Crippen LogP) is 14.1. The number of aromatic nitrogens is 2. The molecule has 8 heteroatoms. The lowest BCUT2D eigenvalue weighted by Gasteiger charge is -2.33. The highest BCUT2D eigenvalue weighted by Gasteiger charge is 2.31. The highest BCUT2D eigenvalue weighted by atomic mass is 16.5. The van der Waals surface area contributed by atoms with Crippen LogP contribution < -0.4 is 30.0 Å². The van der Waals surface area contributed by atoms with Crippen LogP contribution in [0.25, 0.3) is 109 Å². The van der Waals surface area contributed by atoms with Gasteiger partial charge >= 0.3 is 0 Å². The molecule has 8 nitrogen and oxygen atoms in total. The molecular weight excluding hydrogens is 819 g/mol. The highest BCUT2D eigenvalue weighted by molar-refractivity contribution is 6.34. The fourth-order valence-corrected chi connectivity index (χ4v) is 10.8. The lowest BCUT2D eigenvalue weighted by molar-refractivity contribution is 0.403. The van der Waals surface area contributed by atoms with Gasteiger partial charge in [-0.2, -0.15) is 0 Å². The molecule has 66 heavy (non-hydrogen) atoms. The average Bonchev–Trinajstić information content (AvgIpc) is 4.09. The van der Waals surface area contributed by atoms with E-state index in [9.17, 15) is 0 Å². The molecule has 0 aliphatic carbocycles. The van der Waals surface area contributed by atoms with E-state index in [-0.39, 0.29) is 10.9 Å². The minimum Gasteiger partial charge on any atom is -0.497 e. The maximum Gasteiger partial charge on any atom is 0.196 e. The van der Waals surface area contributed by atoms with Crippen LogP contribution in [0, 0.1) is 0 Å². The summed E-state index contributed by atoms with van der Waals surface area (Å²) >= 11 is 0. The van der Waals surface area contributed by atoms with Gasteiger partial charge in [0.15, 0.2) is 22.4 Å². The van der Waals surface area contributed by atoms with Crippen LogP contribution in [-0.4, -0.2) is 24.2 Å². The molecule has 0 saturated heterocycles. The lowest BCUT2D eigenvalue weighted by Crippen LogP contribution is -2.17. The van der Waals surface area contributed by atoms with Crippen LogP contribution in [0.4, 0.5) is 17.1 Å². The third-order valence-corrected chi connectivity index (χ3v) is 13.8. The zero-order valence-corrected chi connectivity index (χ0v) is 35.6. The van der Waals surface area contributed by atoms with Gasteiger partial charge in [0, 0.05) is 88.1 Å². The van der Waals surface area contributed by atoms with Gasteiger partial charge in [-0.05, 0) is 119 Å². The molecule has 1 aliphatic rings. The molecule has 0 fully saturated rings. The number of nitrogens with zero attached hydrogens (tertiary/aromatic N) is 1. The van der Waals surface area contributed by atoms with Gasteiger partial charge in [0.1, 0.15) is 11.5 Å². The lowest BCUT2D eigenvalue weighted by atomic mass is 9.92. The van der Waals surface area contributed by atoms with E-state index >= 15 is 9.59 Å². The number of benzene rings is 9. The molecule has 11 aromatic carbocycles. The topological polar surface area (TPSA) is 96.6 Å². The van der Waals surface area contributed by atoms with Crippen molar-refractivity contribution >= 4 is 104 Å². The zero-order valence-electron chi connectivity index (χ0n) is 35.6. The minimum atomic E-state index is -0.110. The maximum atomic E-state index is 15.2. The first-order valence-electron chi connectivity index (χ1n) is 21.9. The van der Waals surface area contributed by atoms with E-state index in [1.54, 1.807) is 14.2 Å². The summed E-state index contributed by atoms with van der Waals surface area (Å²) in [6.45, 7) is 0. The fraction of sp³-hybridized carbons (Fsp3) is 0.0345. The van der Waals surface area contributed by atoms with Crippen LogP contribution in [0.2, 0.25) is 0 Å². The molecule has 2 N–H and O–H groups in total. The highest BCUT2D eigenvalue weighted by Crippen LogP contribution is 2.54. The minimum absolute atomic E-state index is 0.0665. The van der Waals surface area contributed by atoms with Crippen LogP contribution >= 0.6 is 0 Å². The van der Waals surface area contributed by atoms with Gasteiger partial charge in [-0.1, -0.05) is 60.7 Å². The molecule has 2 aromatic heterocycles. The first kappa shape index (κ1) is 36.6. The van der Waals surface area contributed by atoms with Crippen LogP contribution in [-0.2, 0) is 0 Å². The van der Waals surface area contributed by atoms with Crippen LogP contribution in [0.15, 0.2) is 173 Å². The molecule has 0 amide bonds. The Bertz CT molecular complexity index is 4310. The number of fused-ring (bicyclic) bond motifs is 15. The first-order chi connectivity index (χ1) is 32.4. The number of methoxy groups -OCH3 is 2. The Kier molecular flexibility index (Phi) is 7.39.